The number of phenols is 1. The third-order valence-electron chi connectivity index (χ3n) is 6.26. The number of hydrogen-bond donors (Lipinski definition) is 4. The van der Waals surface area contributed by atoms with Gasteiger partial charge < -0.3 is 25.6 Å². The molecule has 0 spiro atoms. The number of amides is 1. The summed E-state index contributed by atoms with van der Waals surface area (Å²) in [7, 11) is 0. The first-order chi connectivity index (χ1) is 13.7. The molecule has 6 nitrogen and oxygen atoms in total. The zero-order valence-electron chi connectivity index (χ0n) is 16.5. The molecule has 0 radical (unpaired) electrons. The Bertz CT molecular complexity index is 787. The van der Waals surface area contributed by atoms with Crippen LogP contribution in [0.25, 0.3) is 10.9 Å². The second kappa shape index (κ2) is 8.97. The second-order valence-electron chi connectivity index (χ2n) is 8.30. The van der Waals surface area contributed by atoms with Gasteiger partial charge in [0.25, 0.3) is 5.91 Å². The summed E-state index contributed by atoms with van der Waals surface area (Å²) >= 11 is 0. The maximum atomic E-state index is 12.6. The highest BCUT2D eigenvalue weighted by molar-refractivity contribution is 5.99. The number of H-pyrrole nitrogens is 1. The van der Waals surface area contributed by atoms with E-state index in [1.165, 1.54) is 38.6 Å². The standard InChI is InChI=1S/C22H32N4O2/c27-21-7-4-6-19-18(21)15-20(25-19)22(28)24-17-9-13-26(14-10-17)12-8-16-5-2-1-3-11-23-16/h4,6-7,15-17,23,25,27H,1-3,5,8-14H2,(H,24,28). The quantitative estimate of drug-likeness (QED) is 0.639. The van der Waals surface area contributed by atoms with E-state index in [0.717, 1.165) is 38.0 Å². The number of aromatic amines is 1. The van der Waals surface area contributed by atoms with Crippen LogP contribution in [-0.4, -0.2) is 59.2 Å². The summed E-state index contributed by atoms with van der Waals surface area (Å²) in [5.41, 5.74) is 1.30. The lowest BCUT2D eigenvalue weighted by Gasteiger charge is -2.33. The number of phenolic OH excluding ortho intramolecular Hbond substituents is 1. The fourth-order valence-corrected chi connectivity index (χ4v) is 4.51. The number of hydrogen-bond acceptors (Lipinski definition) is 4. The molecule has 2 aliphatic heterocycles. The van der Waals surface area contributed by atoms with Gasteiger partial charge in [-0.1, -0.05) is 18.9 Å². The number of aromatic nitrogens is 1. The fourth-order valence-electron chi connectivity index (χ4n) is 4.51. The molecule has 2 aliphatic rings. The zero-order chi connectivity index (χ0) is 19.3. The summed E-state index contributed by atoms with van der Waals surface area (Å²) in [6.45, 7) is 4.42. The number of aromatic hydroxyl groups is 1. The van der Waals surface area contributed by atoms with Crippen LogP contribution in [0.1, 0.15) is 55.4 Å². The molecule has 6 heteroatoms. The van der Waals surface area contributed by atoms with Gasteiger partial charge in [0.15, 0.2) is 0 Å². The molecule has 1 unspecified atom stereocenters. The van der Waals surface area contributed by atoms with Crippen LogP contribution in [-0.2, 0) is 0 Å². The first-order valence-electron chi connectivity index (χ1n) is 10.8. The van der Waals surface area contributed by atoms with Gasteiger partial charge in [0, 0.05) is 36.1 Å². The summed E-state index contributed by atoms with van der Waals surface area (Å²) in [6, 6.07) is 7.91. The lowest BCUT2D eigenvalue weighted by molar-refractivity contribution is 0.0905. The van der Waals surface area contributed by atoms with Gasteiger partial charge in [-0.05, 0) is 63.4 Å². The monoisotopic (exact) mass is 384 g/mol. The number of benzene rings is 1. The molecule has 0 saturated carbocycles. The van der Waals surface area contributed by atoms with E-state index >= 15 is 0 Å². The molecule has 2 saturated heterocycles. The van der Waals surface area contributed by atoms with Crippen LogP contribution in [0.5, 0.6) is 5.75 Å². The van der Waals surface area contributed by atoms with Crippen molar-refractivity contribution in [2.24, 2.45) is 0 Å². The smallest absolute Gasteiger partial charge is 0.267 e. The van der Waals surface area contributed by atoms with Gasteiger partial charge >= 0.3 is 0 Å². The first kappa shape index (κ1) is 19.3. The van der Waals surface area contributed by atoms with Crippen molar-refractivity contribution in [2.75, 3.05) is 26.2 Å². The van der Waals surface area contributed by atoms with Gasteiger partial charge in [-0.2, -0.15) is 0 Å². The predicted octanol–water partition coefficient (Wildman–Crippen LogP) is 2.99. The molecule has 152 valence electrons. The minimum Gasteiger partial charge on any atom is -0.507 e. The average Bonchev–Trinajstić information content (AvgIpc) is 2.98. The molecular formula is C22H32N4O2. The number of piperidine rings is 1. The van der Waals surface area contributed by atoms with Crippen molar-refractivity contribution < 1.29 is 9.90 Å². The minimum absolute atomic E-state index is 0.0864. The largest absolute Gasteiger partial charge is 0.507 e. The third kappa shape index (κ3) is 4.67. The molecule has 2 fully saturated rings. The molecule has 0 aliphatic carbocycles. The molecule has 0 bridgehead atoms. The summed E-state index contributed by atoms with van der Waals surface area (Å²) in [5.74, 6) is 0.112. The van der Waals surface area contributed by atoms with E-state index < -0.39 is 0 Å². The lowest BCUT2D eigenvalue weighted by atomic mass is 10.0. The molecule has 1 atom stereocenters. The van der Waals surface area contributed by atoms with E-state index in [1.54, 1.807) is 18.2 Å². The number of rotatable bonds is 5. The Labute approximate surface area is 166 Å². The molecular weight excluding hydrogens is 352 g/mol. The highest BCUT2D eigenvalue weighted by Crippen LogP contribution is 2.25. The number of nitrogens with zero attached hydrogens (tertiary/aromatic N) is 1. The highest BCUT2D eigenvalue weighted by atomic mass is 16.3. The summed E-state index contributed by atoms with van der Waals surface area (Å²) in [4.78, 5) is 18.2. The Hall–Kier alpha value is -2.05. The van der Waals surface area contributed by atoms with Crippen LogP contribution < -0.4 is 10.6 Å². The van der Waals surface area contributed by atoms with Crippen LogP contribution in [0.3, 0.4) is 0 Å². The Morgan fingerprint density at radius 3 is 2.86 bits per heavy atom. The maximum absolute atomic E-state index is 12.6. The number of fused-ring (bicyclic) bond motifs is 1. The van der Waals surface area contributed by atoms with Gasteiger partial charge in [0.1, 0.15) is 11.4 Å². The Morgan fingerprint density at radius 2 is 2.04 bits per heavy atom. The van der Waals surface area contributed by atoms with E-state index in [0.29, 0.717) is 17.1 Å². The van der Waals surface area contributed by atoms with Gasteiger partial charge in [0.05, 0.1) is 0 Å². The molecule has 1 amide bonds. The van der Waals surface area contributed by atoms with Crippen molar-refractivity contribution in [1.29, 1.82) is 0 Å². The van der Waals surface area contributed by atoms with E-state index in [1.807, 2.05) is 6.07 Å². The molecule has 4 rings (SSSR count). The topological polar surface area (TPSA) is 80.4 Å². The van der Waals surface area contributed by atoms with E-state index in [-0.39, 0.29) is 17.7 Å². The van der Waals surface area contributed by atoms with Crippen molar-refractivity contribution in [3.05, 3.63) is 30.0 Å². The first-order valence-corrected chi connectivity index (χ1v) is 10.8. The van der Waals surface area contributed by atoms with Gasteiger partial charge in [0.2, 0.25) is 0 Å². The van der Waals surface area contributed by atoms with Crippen molar-refractivity contribution in [3.63, 3.8) is 0 Å². The van der Waals surface area contributed by atoms with Gasteiger partial charge in [-0.3, -0.25) is 4.79 Å². The average molecular weight is 385 g/mol. The Balaban J connectivity index is 1.23. The van der Waals surface area contributed by atoms with Crippen LogP contribution in [0.2, 0.25) is 0 Å². The number of carbonyl (C=O) groups is 1. The van der Waals surface area contributed by atoms with Crippen molar-refractivity contribution in [1.82, 2.24) is 20.5 Å². The number of carbonyl (C=O) groups excluding carboxylic acids is 1. The molecule has 3 heterocycles. The summed E-state index contributed by atoms with van der Waals surface area (Å²) in [6.07, 6.45) is 8.58. The minimum atomic E-state index is -0.0864. The van der Waals surface area contributed by atoms with Crippen LogP contribution in [0, 0.1) is 0 Å². The molecule has 2 aromatic rings. The van der Waals surface area contributed by atoms with E-state index in [4.69, 9.17) is 0 Å². The van der Waals surface area contributed by atoms with Crippen molar-refractivity contribution in [3.8, 4) is 5.75 Å². The summed E-state index contributed by atoms with van der Waals surface area (Å²) < 4.78 is 0. The fraction of sp³-hybridized carbons (Fsp3) is 0.591. The van der Waals surface area contributed by atoms with Crippen molar-refractivity contribution >= 4 is 16.8 Å². The molecule has 4 N–H and O–H groups in total. The van der Waals surface area contributed by atoms with Crippen molar-refractivity contribution in [2.45, 2.75) is 57.0 Å². The SMILES string of the molecule is O=C(NC1CCN(CCC2CCCCCN2)CC1)c1cc2c(O)cccc2[nH]1. The van der Waals surface area contributed by atoms with Crippen LogP contribution >= 0.6 is 0 Å². The van der Waals surface area contributed by atoms with E-state index in [9.17, 15) is 9.90 Å². The van der Waals surface area contributed by atoms with E-state index in [2.05, 4.69) is 20.5 Å². The Morgan fingerprint density at radius 1 is 1.18 bits per heavy atom. The molecule has 1 aromatic heterocycles. The van der Waals surface area contributed by atoms with Gasteiger partial charge in [-0.25, -0.2) is 0 Å². The summed E-state index contributed by atoms with van der Waals surface area (Å²) in [5, 5.41) is 17.4. The second-order valence-corrected chi connectivity index (χ2v) is 8.30. The van der Waals surface area contributed by atoms with Gasteiger partial charge in [-0.15, -0.1) is 0 Å². The van der Waals surface area contributed by atoms with Crippen LogP contribution in [0.4, 0.5) is 0 Å². The number of likely N-dealkylation sites (tertiary alicyclic amines) is 1. The molecule has 28 heavy (non-hydrogen) atoms. The maximum Gasteiger partial charge on any atom is 0.267 e. The third-order valence-corrected chi connectivity index (χ3v) is 6.26. The molecule has 1 aromatic carbocycles. The number of nitrogens with one attached hydrogen (secondary N) is 3. The zero-order valence-corrected chi connectivity index (χ0v) is 16.5. The predicted molar refractivity (Wildman–Crippen MR) is 112 cm³/mol. The van der Waals surface area contributed by atoms with Crippen LogP contribution in [0.15, 0.2) is 24.3 Å². The Kier molecular flexibility index (Phi) is 6.17. The normalized spacial score (nSPS) is 22.2. The highest BCUT2D eigenvalue weighted by Gasteiger charge is 2.23. The lowest BCUT2D eigenvalue weighted by Crippen LogP contribution is -2.45.